The predicted molar refractivity (Wildman–Crippen MR) is 63.8 cm³/mol. The molecule has 0 rings (SSSR count). The normalized spacial score (nSPS) is 10.4. The van der Waals surface area contributed by atoms with Crippen molar-refractivity contribution in [2.45, 2.75) is 27.7 Å². The molecule has 0 aromatic heterocycles. The van der Waals surface area contributed by atoms with Gasteiger partial charge in [0.1, 0.15) is 0 Å². The van der Waals surface area contributed by atoms with Crippen LogP contribution in [-0.2, 0) is 17.7 Å². The minimum Gasteiger partial charge on any atom is -0.351 e. The van der Waals surface area contributed by atoms with E-state index < -0.39 is 9.05 Å². The zero-order valence-electron chi connectivity index (χ0n) is 11.0. The Balaban J connectivity index is -0.000000720. The zero-order chi connectivity index (χ0) is 10.2. The van der Waals surface area contributed by atoms with Crippen LogP contribution in [0.25, 0.3) is 0 Å². The summed E-state index contributed by atoms with van der Waals surface area (Å²) >= 11 is 0. The molecule has 0 atom stereocenters. The van der Waals surface area contributed by atoms with Crippen molar-refractivity contribution in [2.75, 3.05) is 26.4 Å². The SMILES string of the molecule is CCO[Si](OCC)(OCC)OCC.[K].[Na]. The van der Waals surface area contributed by atoms with Gasteiger partial charge in [0.2, 0.25) is 0 Å². The van der Waals surface area contributed by atoms with Crippen LogP contribution in [0.1, 0.15) is 27.7 Å². The molecule has 15 heavy (non-hydrogen) atoms. The number of hydrogen-bond donors (Lipinski definition) is 0. The monoisotopic (exact) mass is 270 g/mol. The van der Waals surface area contributed by atoms with E-state index in [1.165, 1.54) is 0 Å². The van der Waals surface area contributed by atoms with E-state index in [4.69, 9.17) is 17.7 Å². The third kappa shape index (κ3) is 10.3. The summed E-state index contributed by atoms with van der Waals surface area (Å²) in [7, 11) is -2.80. The Morgan fingerprint density at radius 3 is 1.00 bits per heavy atom. The average Bonchev–Trinajstić information content (AvgIpc) is 2.06. The maximum atomic E-state index is 5.42. The molecule has 2 radical (unpaired) electrons. The Kier molecular flexibility index (Phi) is 22.5. The molecule has 0 spiro atoms. The molecule has 0 aliphatic heterocycles. The van der Waals surface area contributed by atoms with Crippen LogP contribution in [0.15, 0.2) is 0 Å². The average molecular weight is 270 g/mol. The second kappa shape index (κ2) is 14.8. The first-order valence-corrected chi connectivity index (χ1v) is 6.43. The Morgan fingerprint density at radius 1 is 0.667 bits per heavy atom. The van der Waals surface area contributed by atoms with Crippen molar-refractivity contribution in [3.63, 3.8) is 0 Å². The smallest absolute Gasteiger partial charge is 0.351 e. The molecule has 0 saturated carbocycles. The molecular formula is C8H20KNaO4Si. The number of rotatable bonds is 8. The molecule has 4 nitrogen and oxygen atoms in total. The molecule has 7 heteroatoms. The molecule has 0 aromatic rings. The van der Waals surface area contributed by atoms with Crippen molar-refractivity contribution < 1.29 is 17.7 Å². The quantitative estimate of drug-likeness (QED) is 0.612. The summed E-state index contributed by atoms with van der Waals surface area (Å²) in [6, 6.07) is 0. The van der Waals surface area contributed by atoms with Gasteiger partial charge in [-0.15, -0.1) is 0 Å². The van der Waals surface area contributed by atoms with Gasteiger partial charge in [-0.3, -0.25) is 0 Å². The predicted octanol–water partition coefficient (Wildman–Crippen LogP) is 0.806. The summed E-state index contributed by atoms with van der Waals surface area (Å²) in [4.78, 5) is 0. The second-order valence-electron chi connectivity index (χ2n) is 2.23. The molecule has 0 N–H and O–H groups in total. The molecule has 82 valence electrons. The molecule has 0 unspecified atom stereocenters. The zero-order valence-corrected chi connectivity index (χ0v) is 17.1. The van der Waals surface area contributed by atoms with Gasteiger partial charge < -0.3 is 17.7 Å². The van der Waals surface area contributed by atoms with Gasteiger partial charge in [0.05, 0.1) is 0 Å². The van der Waals surface area contributed by atoms with Gasteiger partial charge in [0.25, 0.3) is 0 Å². The molecule has 0 bridgehead atoms. The Bertz CT molecular complexity index is 102. The van der Waals surface area contributed by atoms with E-state index in [2.05, 4.69) is 0 Å². The summed E-state index contributed by atoms with van der Waals surface area (Å²) in [6.45, 7) is 9.80. The summed E-state index contributed by atoms with van der Waals surface area (Å²) in [5, 5.41) is 0. The largest absolute Gasteiger partial charge is 0.679 e. The Labute approximate surface area is 159 Å². The molecule has 0 fully saturated rings. The topological polar surface area (TPSA) is 36.9 Å². The van der Waals surface area contributed by atoms with Crippen LogP contribution >= 0.6 is 0 Å². The van der Waals surface area contributed by atoms with E-state index in [1.807, 2.05) is 27.7 Å². The molecule has 0 amide bonds. The van der Waals surface area contributed by atoms with Crippen LogP contribution in [0.5, 0.6) is 0 Å². The van der Waals surface area contributed by atoms with E-state index in [0.29, 0.717) is 26.4 Å². The van der Waals surface area contributed by atoms with Gasteiger partial charge >= 0.3 is 9.05 Å². The van der Waals surface area contributed by atoms with E-state index >= 15 is 0 Å². The van der Waals surface area contributed by atoms with Crippen molar-refractivity contribution in [3.05, 3.63) is 0 Å². The molecule has 0 heterocycles. The minimum atomic E-state index is -2.80. The summed E-state index contributed by atoms with van der Waals surface area (Å²) in [6.07, 6.45) is 0. The Morgan fingerprint density at radius 2 is 0.867 bits per heavy atom. The molecular weight excluding hydrogens is 250 g/mol. The van der Waals surface area contributed by atoms with Gasteiger partial charge in [-0.2, -0.15) is 0 Å². The van der Waals surface area contributed by atoms with Crippen molar-refractivity contribution in [1.82, 2.24) is 0 Å². The third-order valence-electron chi connectivity index (χ3n) is 1.28. The van der Waals surface area contributed by atoms with E-state index in [1.54, 1.807) is 0 Å². The van der Waals surface area contributed by atoms with Gasteiger partial charge in [0.15, 0.2) is 0 Å². The summed E-state index contributed by atoms with van der Waals surface area (Å²) in [5.41, 5.74) is 0. The fourth-order valence-corrected chi connectivity index (χ4v) is 2.87. The molecule has 0 aromatic carbocycles. The first-order chi connectivity index (χ1) is 6.24. The van der Waals surface area contributed by atoms with E-state index in [0.717, 1.165) is 0 Å². The third-order valence-corrected chi connectivity index (χ3v) is 3.85. The minimum absolute atomic E-state index is 0. The van der Waals surface area contributed by atoms with Crippen LogP contribution in [-0.4, -0.2) is 116 Å². The van der Waals surface area contributed by atoms with Gasteiger partial charge in [-0.1, -0.05) is 0 Å². The van der Waals surface area contributed by atoms with Crippen molar-refractivity contribution in [3.8, 4) is 0 Å². The van der Waals surface area contributed by atoms with Crippen molar-refractivity contribution in [2.24, 2.45) is 0 Å². The van der Waals surface area contributed by atoms with Gasteiger partial charge in [-0.25, -0.2) is 0 Å². The maximum absolute atomic E-state index is 5.42. The molecule has 0 aliphatic carbocycles. The van der Waals surface area contributed by atoms with Crippen LogP contribution < -0.4 is 0 Å². The second-order valence-corrected chi connectivity index (χ2v) is 4.39. The van der Waals surface area contributed by atoms with Gasteiger partial charge in [0, 0.05) is 107 Å². The van der Waals surface area contributed by atoms with Crippen LogP contribution in [0.2, 0.25) is 0 Å². The van der Waals surface area contributed by atoms with Crippen LogP contribution in [0.4, 0.5) is 0 Å². The first-order valence-electron chi connectivity index (χ1n) is 4.80. The number of hydrogen-bond acceptors (Lipinski definition) is 4. The standard InChI is InChI=1S/C8H20O4Si.K.Na/c1-5-9-13(10-6-2,11-7-3)12-8-4;;/h5-8H2,1-4H3;;. The van der Waals surface area contributed by atoms with E-state index in [9.17, 15) is 0 Å². The fourth-order valence-electron chi connectivity index (χ4n) is 0.957. The van der Waals surface area contributed by atoms with Crippen molar-refractivity contribution in [1.29, 1.82) is 0 Å². The van der Waals surface area contributed by atoms with Crippen LogP contribution in [0.3, 0.4) is 0 Å². The molecule has 0 aliphatic rings. The van der Waals surface area contributed by atoms with Crippen LogP contribution in [0, 0.1) is 0 Å². The summed E-state index contributed by atoms with van der Waals surface area (Å²) in [5.74, 6) is 0. The van der Waals surface area contributed by atoms with Crippen molar-refractivity contribution >= 4 is 90.0 Å². The Hall–Kier alpha value is 2.69. The fraction of sp³-hybridized carbons (Fsp3) is 1.00. The van der Waals surface area contributed by atoms with Gasteiger partial charge in [-0.05, 0) is 27.7 Å². The molecule has 0 saturated heterocycles. The summed E-state index contributed by atoms with van der Waals surface area (Å²) < 4.78 is 21.7. The first kappa shape index (κ1) is 22.8. The maximum Gasteiger partial charge on any atom is 0.679 e. The van der Waals surface area contributed by atoms with E-state index in [-0.39, 0.29) is 80.9 Å².